The van der Waals surface area contributed by atoms with Crippen LogP contribution in [0, 0.1) is 11.6 Å². The molecule has 0 saturated carbocycles. The fourth-order valence-electron chi connectivity index (χ4n) is 5.29. The van der Waals surface area contributed by atoms with E-state index in [0.29, 0.717) is 47.9 Å². The molecule has 2 aliphatic rings. The Labute approximate surface area is 258 Å². The lowest BCUT2D eigenvalue weighted by molar-refractivity contribution is -0.0547. The van der Waals surface area contributed by atoms with Gasteiger partial charge in [0.1, 0.15) is 28.1 Å². The predicted octanol–water partition coefficient (Wildman–Crippen LogP) is 8.66. The maximum absolute atomic E-state index is 14.9. The van der Waals surface area contributed by atoms with Crippen LogP contribution >= 0.6 is 23.2 Å². The molecule has 226 valence electrons. The van der Waals surface area contributed by atoms with E-state index in [2.05, 4.69) is 28.8 Å². The van der Waals surface area contributed by atoms with E-state index in [4.69, 9.17) is 37.7 Å². The van der Waals surface area contributed by atoms with Gasteiger partial charge in [-0.05, 0) is 63.1 Å². The molecule has 1 saturated heterocycles. The van der Waals surface area contributed by atoms with E-state index in [9.17, 15) is 13.6 Å². The lowest BCUT2D eigenvalue weighted by Gasteiger charge is -2.41. The van der Waals surface area contributed by atoms with Gasteiger partial charge in [0.15, 0.2) is 11.7 Å². The van der Waals surface area contributed by atoms with Crippen LogP contribution in [0.5, 0.6) is 0 Å². The van der Waals surface area contributed by atoms with E-state index in [1.807, 2.05) is 30.4 Å². The topological polar surface area (TPSA) is 91.5 Å². The summed E-state index contributed by atoms with van der Waals surface area (Å²) in [7, 11) is 1.52. The van der Waals surface area contributed by atoms with E-state index in [0.717, 1.165) is 23.5 Å². The Balaban J connectivity index is 1.50. The molecule has 2 aromatic carbocycles. The van der Waals surface area contributed by atoms with Gasteiger partial charge in [0.05, 0.1) is 23.7 Å². The molecular formula is C31H31Cl2F2N5O3. The Morgan fingerprint density at radius 3 is 2.79 bits per heavy atom. The molecule has 1 amide bonds. The van der Waals surface area contributed by atoms with Crippen molar-refractivity contribution in [1.29, 1.82) is 0 Å². The lowest BCUT2D eigenvalue weighted by Crippen LogP contribution is -2.48. The number of fused-ring (bicyclic) bond motifs is 4. The molecule has 8 nitrogen and oxygen atoms in total. The molecule has 0 aliphatic carbocycles. The molecule has 2 aliphatic heterocycles. The molecule has 2 bridgehead atoms. The first kappa shape index (κ1) is 30.4. The number of aromatic amines is 1. The molecular weight excluding hydrogens is 599 g/mol. The Morgan fingerprint density at radius 2 is 2.05 bits per heavy atom. The maximum atomic E-state index is 14.9. The molecule has 3 heterocycles. The van der Waals surface area contributed by atoms with Gasteiger partial charge >= 0.3 is 6.09 Å². The number of carbonyl (C=O) groups is 1. The fourth-order valence-corrected chi connectivity index (χ4v) is 5.69. The molecule has 3 N–H and O–H groups in total. The third kappa shape index (κ3) is 6.21. The van der Waals surface area contributed by atoms with Crippen molar-refractivity contribution < 1.29 is 23.0 Å². The van der Waals surface area contributed by atoms with Gasteiger partial charge in [-0.3, -0.25) is 4.90 Å². The molecule has 43 heavy (non-hydrogen) atoms. The molecule has 0 spiro atoms. The Bertz CT molecular complexity index is 1620. The lowest BCUT2D eigenvalue weighted by atomic mass is 9.89. The van der Waals surface area contributed by atoms with Crippen molar-refractivity contribution in [3.63, 3.8) is 0 Å². The zero-order valence-corrected chi connectivity index (χ0v) is 25.2. The normalized spacial score (nSPS) is 21.3. The highest BCUT2D eigenvalue weighted by atomic mass is 35.5. The van der Waals surface area contributed by atoms with Crippen LogP contribution in [-0.4, -0.2) is 34.6 Å². The zero-order valence-electron chi connectivity index (χ0n) is 23.7. The number of nitrogens with one attached hydrogen (secondary N) is 3. The third-order valence-electron chi connectivity index (χ3n) is 7.57. The quantitative estimate of drug-likeness (QED) is 0.149. The number of rotatable bonds is 5. The monoisotopic (exact) mass is 629 g/mol. The molecule has 2 atom stereocenters. The van der Waals surface area contributed by atoms with Crippen LogP contribution in [0.15, 0.2) is 67.2 Å². The Hall–Kier alpha value is -4.02. The average molecular weight is 631 g/mol. The highest BCUT2D eigenvalue weighted by molar-refractivity contribution is 6.32. The molecule has 5 rings (SSSR count). The van der Waals surface area contributed by atoms with E-state index in [1.54, 1.807) is 0 Å². The number of imidazole rings is 1. The number of H-pyrrole nitrogens is 1. The number of hydrogen-bond acceptors (Lipinski definition) is 6. The largest absolute Gasteiger partial charge is 0.483 e. The van der Waals surface area contributed by atoms with Crippen LogP contribution in [0.2, 0.25) is 10.2 Å². The van der Waals surface area contributed by atoms with Gasteiger partial charge in [0, 0.05) is 35.6 Å². The summed E-state index contributed by atoms with van der Waals surface area (Å²) in [5.41, 5.74) is 1.46. The first-order chi connectivity index (χ1) is 20.5. The number of benzene rings is 2. The number of amides is 1. The van der Waals surface area contributed by atoms with Gasteiger partial charge in [-0.15, -0.1) is 0 Å². The standard InChI is InChI=1S/C31H31Cl2F2N5O3/c1-17-8-6-5-7-9-24(40-15-14-31(3,43-30(40)41)25-22(34)13-12-21(32)26(25)35)29-38-27(28(33)39-29)20-11-10-19(16-23(20)36-17)37-18(2)42-4/h5,7,10-13,16,24,36-37H,1-2,6,8-9,14-15H2,3-4H3,(H,38,39)/b7-5+/t24-,31?/m0/s1. The van der Waals surface area contributed by atoms with Crippen LogP contribution < -0.4 is 10.6 Å². The smallest absolute Gasteiger partial charge is 0.411 e. The second-order valence-corrected chi connectivity index (χ2v) is 11.3. The van der Waals surface area contributed by atoms with Crippen LogP contribution in [0.1, 0.15) is 50.0 Å². The van der Waals surface area contributed by atoms with Gasteiger partial charge in [0.25, 0.3) is 0 Å². The predicted molar refractivity (Wildman–Crippen MR) is 164 cm³/mol. The van der Waals surface area contributed by atoms with Crippen LogP contribution in [0.4, 0.5) is 25.0 Å². The minimum Gasteiger partial charge on any atom is -0.483 e. The van der Waals surface area contributed by atoms with Crippen LogP contribution in [0.3, 0.4) is 0 Å². The van der Waals surface area contributed by atoms with E-state index < -0.39 is 29.4 Å². The molecule has 0 radical (unpaired) electrons. The minimum atomic E-state index is -1.55. The minimum absolute atomic E-state index is 0.115. The van der Waals surface area contributed by atoms with Gasteiger partial charge < -0.3 is 25.1 Å². The van der Waals surface area contributed by atoms with Crippen molar-refractivity contribution in [2.45, 2.75) is 44.2 Å². The van der Waals surface area contributed by atoms with E-state index in [-0.39, 0.29) is 28.7 Å². The number of hydrogen-bond donors (Lipinski definition) is 3. The summed E-state index contributed by atoms with van der Waals surface area (Å²) in [4.78, 5) is 23.0. The molecule has 1 aromatic heterocycles. The Kier molecular flexibility index (Phi) is 8.71. The SMILES string of the molecule is C=C1CC/C=C/C[C@H](N2CCC(C)(c3c(F)ccc(Cl)c3F)OC2=O)c2nc(c(Cl)[nH]2)-c2ccc(NC(=C)OC)cc2N1. The zero-order chi connectivity index (χ0) is 30.9. The molecule has 1 fully saturated rings. The number of halogens is 4. The number of ether oxygens (including phenoxy) is 2. The number of cyclic esters (lactones) is 1. The fraction of sp³-hybridized carbons (Fsp3) is 0.290. The third-order valence-corrected chi connectivity index (χ3v) is 8.14. The number of nitrogens with zero attached hydrogens (tertiary/aromatic N) is 2. The number of anilines is 2. The van der Waals surface area contributed by atoms with Crippen LogP contribution in [0.25, 0.3) is 11.3 Å². The van der Waals surface area contributed by atoms with E-state index in [1.165, 1.54) is 18.9 Å². The summed E-state index contributed by atoms with van der Waals surface area (Å²) >= 11 is 12.6. The van der Waals surface area contributed by atoms with Crippen molar-refractivity contribution >= 4 is 40.7 Å². The molecule has 1 unspecified atom stereocenters. The Morgan fingerprint density at radius 1 is 1.26 bits per heavy atom. The van der Waals surface area contributed by atoms with Gasteiger partial charge in [-0.1, -0.05) is 41.9 Å². The average Bonchev–Trinajstić information content (AvgIpc) is 3.34. The summed E-state index contributed by atoms with van der Waals surface area (Å²) in [5, 5.41) is 6.47. The molecule has 12 heteroatoms. The van der Waals surface area contributed by atoms with Crippen molar-refractivity contribution in [1.82, 2.24) is 14.9 Å². The van der Waals surface area contributed by atoms with Gasteiger partial charge in [-0.2, -0.15) is 0 Å². The van der Waals surface area contributed by atoms with E-state index >= 15 is 0 Å². The summed E-state index contributed by atoms with van der Waals surface area (Å²) in [6.07, 6.45) is 5.07. The number of aromatic nitrogens is 2. The van der Waals surface area contributed by atoms with Gasteiger partial charge in [0.2, 0.25) is 0 Å². The van der Waals surface area contributed by atoms with Gasteiger partial charge in [-0.25, -0.2) is 18.6 Å². The first-order valence-corrected chi connectivity index (χ1v) is 14.4. The number of methoxy groups -OCH3 is 1. The summed E-state index contributed by atoms with van der Waals surface area (Å²) in [6, 6.07) is 7.16. The highest BCUT2D eigenvalue weighted by Gasteiger charge is 2.45. The van der Waals surface area contributed by atoms with Crippen molar-refractivity contribution in [2.24, 2.45) is 0 Å². The summed E-state index contributed by atoms with van der Waals surface area (Å²) in [6.45, 7) is 9.60. The second kappa shape index (κ2) is 12.3. The summed E-state index contributed by atoms with van der Waals surface area (Å²) in [5.74, 6) is -0.973. The highest BCUT2D eigenvalue weighted by Crippen LogP contribution is 2.42. The summed E-state index contributed by atoms with van der Waals surface area (Å²) < 4.78 is 40.6. The second-order valence-electron chi connectivity index (χ2n) is 10.5. The first-order valence-electron chi connectivity index (χ1n) is 13.6. The number of carbonyl (C=O) groups excluding carboxylic acids is 1. The maximum Gasteiger partial charge on any atom is 0.411 e. The van der Waals surface area contributed by atoms with Crippen molar-refractivity contribution in [2.75, 3.05) is 24.3 Å². The molecule has 3 aromatic rings. The van der Waals surface area contributed by atoms with Crippen molar-refractivity contribution in [3.8, 4) is 11.3 Å². The van der Waals surface area contributed by atoms with Crippen molar-refractivity contribution in [3.05, 3.63) is 100 Å². The van der Waals surface area contributed by atoms with Crippen LogP contribution in [-0.2, 0) is 15.1 Å². The number of allylic oxidation sites excluding steroid dienone is 2.